The molecule has 0 atom stereocenters. The summed E-state index contributed by atoms with van der Waals surface area (Å²) < 4.78 is 83.3. The minimum Gasteiger partial charge on any atom is -0.366 e. The van der Waals surface area contributed by atoms with Gasteiger partial charge in [0.2, 0.25) is 10.0 Å². The lowest BCUT2D eigenvalue weighted by Crippen LogP contribution is -2.25. The molecule has 0 unspecified atom stereocenters. The zero-order valence-electron chi connectivity index (χ0n) is 23.2. The third-order valence-corrected chi connectivity index (χ3v) is 10.4. The zero-order chi connectivity index (χ0) is 31.4. The molecule has 0 aromatic heterocycles. The van der Waals surface area contributed by atoms with Crippen LogP contribution in [-0.4, -0.2) is 25.3 Å². The van der Waals surface area contributed by atoms with E-state index in [4.69, 9.17) is 4.18 Å². The van der Waals surface area contributed by atoms with Gasteiger partial charge < -0.3 is 4.18 Å². The van der Waals surface area contributed by atoms with Gasteiger partial charge >= 0.3 is 20.5 Å². The number of nitrogens with one attached hydrogen (secondary N) is 4. The molecule has 0 spiro atoms. The average Bonchev–Trinajstić information content (AvgIpc) is 2.97. The molecule has 0 aliphatic carbocycles. The Morgan fingerprint density at radius 2 is 0.911 bits per heavy atom. The summed E-state index contributed by atoms with van der Waals surface area (Å²) in [6, 6.07) is 33.2. The lowest BCUT2D eigenvalue weighted by molar-refractivity contribution is 0.493. The fraction of sp³-hybridized carbons (Fsp3) is 0.0323. The van der Waals surface area contributed by atoms with Crippen molar-refractivity contribution >= 4 is 85.6 Å². The van der Waals surface area contributed by atoms with Crippen LogP contribution >= 0.6 is 0 Å². The fourth-order valence-electron chi connectivity index (χ4n) is 5.59. The number of benzene rings is 6. The van der Waals surface area contributed by atoms with Crippen LogP contribution in [0.15, 0.2) is 109 Å². The SMILES string of the molecule is O=S1(=O)Cc2cccc3cccc(c23)N1.O=S1(=O)Nc2cccc3cccc(c23)N1.O=S1(=O)Nc2cccc3cccc(c23)O1. The summed E-state index contributed by atoms with van der Waals surface area (Å²) in [6.45, 7) is 0. The molecule has 14 heteroatoms. The Kier molecular flexibility index (Phi) is 6.72. The van der Waals surface area contributed by atoms with Crippen molar-refractivity contribution in [3.8, 4) is 5.75 Å². The maximum absolute atomic E-state index is 11.5. The van der Waals surface area contributed by atoms with E-state index in [9.17, 15) is 25.3 Å². The largest absolute Gasteiger partial charge is 0.407 e. The summed E-state index contributed by atoms with van der Waals surface area (Å²) in [5, 5.41) is 5.78. The van der Waals surface area contributed by atoms with Crippen LogP contribution in [-0.2, 0) is 36.3 Å². The molecule has 9 rings (SSSR count). The van der Waals surface area contributed by atoms with Gasteiger partial charge in [-0.3, -0.25) is 18.9 Å². The maximum Gasteiger partial charge on any atom is 0.407 e. The molecule has 0 saturated heterocycles. The number of sulfonamides is 1. The van der Waals surface area contributed by atoms with Gasteiger partial charge in [-0.05, 0) is 52.1 Å². The number of hydrogen-bond donors (Lipinski definition) is 4. The van der Waals surface area contributed by atoms with Crippen molar-refractivity contribution in [3.63, 3.8) is 0 Å². The lowest BCUT2D eigenvalue weighted by Gasteiger charge is -2.20. The van der Waals surface area contributed by atoms with Gasteiger partial charge in [0.25, 0.3) is 0 Å². The molecule has 45 heavy (non-hydrogen) atoms. The van der Waals surface area contributed by atoms with Gasteiger partial charge in [-0.25, -0.2) is 8.42 Å². The summed E-state index contributed by atoms with van der Waals surface area (Å²) in [5.74, 6) is 0.447. The average molecular weight is 661 g/mol. The van der Waals surface area contributed by atoms with E-state index in [2.05, 4.69) is 18.9 Å². The zero-order valence-corrected chi connectivity index (χ0v) is 25.6. The van der Waals surface area contributed by atoms with E-state index >= 15 is 0 Å². The smallest absolute Gasteiger partial charge is 0.366 e. The minimum atomic E-state index is -3.69. The van der Waals surface area contributed by atoms with Crippen LogP contribution in [0.5, 0.6) is 5.75 Å². The summed E-state index contributed by atoms with van der Waals surface area (Å²) in [5.41, 5.74) is 3.38. The van der Waals surface area contributed by atoms with E-state index in [0.29, 0.717) is 28.5 Å². The monoisotopic (exact) mass is 660 g/mol. The maximum atomic E-state index is 11.5. The number of rotatable bonds is 0. The van der Waals surface area contributed by atoms with Gasteiger partial charge in [0.1, 0.15) is 0 Å². The van der Waals surface area contributed by atoms with Crippen molar-refractivity contribution in [3.05, 3.63) is 115 Å². The molecule has 0 radical (unpaired) electrons. The fourth-order valence-corrected chi connectivity index (χ4v) is 8.65. The quantitative estimate of drug-likeness (QED) is 0.158. The molecule has 0 amide bonds. The van der Waals surface area contributed by atoms with Crippen molar-refractivity contribution < 1.29 is 29.4 Å². The Labute approximate surface area is 259 Å². The molecule has 3 aliphatic heterocycles. The van der Waals surface area contributed by atoms with E-state index in [1.54, 1.807) is 42.5 Å². The summed E-state index contributed by atoms with van der Waals surface area (Å²) in [4.78, 5) is 0. The Morgan fingerprint density at radius 1 is 0.467 bits per heavy atom. The van der Waals surface area contributed by atoms with Crippen LogP contribution in [0.3, 0.4) is 0 Å². The van der Waals surface area contributed by atoms with E-state index in [-0.39, 0.29) is 5.75 Å². The van der Waals surface area contributed by atoms with Crippen molar-refractivity contribution in [1.82, 2.24) is 0 Å². The predicted molar refractivity (Wildman–Crippen MR) is 177 cm³/mol. The Hall–Kier alpha value is -5.05. The van der Waals surface area contributed by atoms with Gasteiger partial charge in [-0.15, -0.1) is 0 Å². The second-order valence-corrected chi connectivity index (χ2v) is 14.8. The highest BCUT2D eigenvalue weighted by Gasteiger charge is 2.24. The topological polar surface area (TPSA) is 160 Å². The van der Waals surface area contributed by atoms with Crippen molar-refractivity contribution in [2.24, 2.45) is 0 Å². The molecule has 0 saturated carbocycles. The van der Waals surface area contributed by atoms with E-state index in [1.807, 2.05) is 66.7 Å². The summed E-state index contributed by atoms with van der Waals surface area (Å²) >= 11 is 0. The van der Waals surface area contributed by atoms with Crippen molar-refractivity contribution in [2.45, 2.75) is 5.75 Å². The standard InChI is InChI=1S/C11H9NO2S.C10H8N2O2S.C10H7NO3S/c13-15(14)7-9-5-1-3-8-4-2-6-10(12-15)11(8)9;13-15(14)11-8-5-1-3-7-4-2-6-9(12-15)10(7)8;12-15(13)11-8-5-1-3-7-4-2-6-9(14-15)10(7)8/h1-6,12H,7H2;1-6,11-12H;1-6,11H. The molecule has 228 valence electrons. The minimum absolute atomic E-state index is 0.0708. The number of hydrogen-bond acceptors (Lipinski definition) is 7. The Balaban J connectivity index is 0.000000108. The molecule has 11 nitrogen and oxygen atoms in total. The van der Waals surface area contributed by atoms with E-state index in [0.717, 1.165) is 37.9 Å². The Bertz CT molecular complexity index is 2080. The van der Waals surface area contributed by atoms with Gasteiger partial charge in [-0.2, -0.15) is 16.8 Å². The second-order valence-electron chi connectivity index (χ2n) is 10.4. The first-order valence-corrected chi connectivity index (χ1v) is 18.1. The van der Waals surface area contributed by atoms with Crippen LogP contribution in [0.25, 0.3) is 32.3 Å². The third kappa shape index (κ3) is 5.66. The highest BCUT2D eigenvalue weighted by molar-refractivity contribution is 7.94. The summed E-state index contributed by atoms with van der Waals surface area (Å²) in [7, 11) is -10.3. The van der Waals surface area contributed by atoms with Gasteiger partial charge in [0.05, 0.1) is 28.5 Å². The normalized spacial score (nSPS) is 17.0. The van der Waals surface area contributed by atoms with Crippen LogP contribution < -0.4 is 23.1 Å². The van der Waals surface area contributed by atoms with Gasteiger partial charge in [0, 0.05) is 16.2 Å². The van der Waals surface area contributed by atoms with E-state index in [1.165, 1.54) is 0 Å². The van der Waals surface area contributed by atoms with Crippen molar-refractivity contribution in [2.75, 3.05) is 18.9 Å². The Morgan fingerprint density at radius 3 is 1.49 bits per heavy atom. The lowest BCUT2D eigenvalue weighted by atomic mass is 10.0. The molecule has 6 aromatic rings. The highest BCUT2D eigenvalue weighted by Crippen LogP contribution is 2.37. The molecule has 0 fully saturated rings. The molecule has 6 aromatic carbocycles. The first-order chi connectivity index (χ1) is 21.5. The third-order valence-electron chi connectivity index (χ3n) is 7.30. The first-order valence-electron chi connectivity index (χ1n) is 13.5. The molecule has 4 N–H and O–H groups in total. The first kappa shape index (κ1) is 28.7. The van der Waals surface area contributed by atoms with Gasteiger partial charge in [0.15, 0.2) is 5.75 Å². The molecular weight excluding hydrogens is 637 g/mol. The molecular formula is C31H24N4O7S3. The van der Waals surface area contributed by atoms with Crippen LogP contribution in [0.1, 0.15) is 5.56 Å². The van der Waals surface area contributed by atoms with Crippen LogP contribution in [0, 0.1) is 0 Å². The molecule has 3 aliphatic rings. The second kappa shape index (κ2) is 10.5. The predicted octanol–water partition coefficient (Wildman–Crippen LogP) is 5.91. The number of anilines is 4. The molecule has 0 bridgehead atoms. The van der Waals surface area contributed by atoms with E-state index < -0.39 is 30.5 Å². The van der Waals surface area contributed by atoms with Crippen LogP contribution in [0.4, 0.5) is 22.7 Å². The van der Waals surface area contributed by atoms with Crippen LogP contribution in [0.2, 0.25) is 0 Å². The molecule has 3 heterocycles. The summed E-state index contributed by atoms with van der Waals surface area (Å²) in [6.07, 6.45) is 0. The van der Waals surface area contributed by atoms with Crippen molar-refractivity contribution in [1.29, 1.82) is 0 Å². The van der Waals surface area contributed by atoms with Gasteiger partial charge in [-0.1, -0.05) is 78.9 Å². The highest BCUT2D eigenvalue weighted by atomic mass is 32.2.